The number of alkyl halides is 2. The number of hydrogen-bond acceptors (Lipinski definition) is 5. The summed E-state index contributed by atoms with van der Waals surface area (Å²) in [5.41, 5.74) is 2.55. The molecule has 148 valence electrons. The van der Waals surface area contributed by atoms with Crippen molar-refractivity contribution in [2.45, 2.75) is 33.2 Å². The standard InChI is InChI=1S/C20H21F2N3O3/c1-4-27-20(26)19-15-10-25(24-16(15)7-8-23-19)13(3)14-5-6-17(12(2)9-14)28-11-18(21)22/h5-10,13,18H,4,11H2,1-3H3. The average molecular weight is 389 g/mol. The average Bonchev–Trinajstić information content (AvgIpc) is 3.10. The summed E-state index contributed by atoms with van der Waals surface area (Å²) in [5.74, 6) is -0.0626. The van der Waals surface area contributed by atoms with Crippen molar-refractivity contribution in [2.24, 2.45) is 0 Å². The van der Waals surface area contributed by atoms with Gasteiger partial charge >= 0.3 is 5.97 Å². The molecule has 0 aliphatic carbocycles. The number of fused-ring (bicyclic) bond motifs is 1. The number of aryl methyl sites for hydroxylation is 1. The van der Waals surface area contributed by atoms with Crippen LogP contribution in [0.4, 0.5) is 8.78 Å². The normalized spacial score (nSPS) is 12.4. The van der Waals surface area contributed by atoms with Gasteiger partial charge in [-0.1, -0.05) is 12.1 Å². The van der Waals surface area contributed by atoms with Crippen LogP contribution in [0.25, 0.3) is 10.9 Å². The summed E-state index contributed by atoms with van der Waals surface area (Å²) in [7, 11) is 0. The molecule has 0 aliphatic rings. The van der Waals surface area contributed by atoms with Crippen LogP contribution in [0, 0.1) is 6.92 Å². The van der Waals surface area contributed by atoms with Crippen LogP contribution in [-0.4, -0.2) is 40.4 Å². The van der Waals surface area contributed by atoms with Crippen molar-refractivity contribution >= 4 is 16.9 Å². The number of aromatic nitrogens is 3. The Morgan fingerprint density at radius 3 is 2.75 bits per heavy atom. The van der Waals surface area contributed by atoms with E-state index in [1.807, 2.05) is 19.1 Å². The van der Waals surface area contributed by atoms with E-state index in [1.165, 1.54) is 6.20 Å². The molecule has 0 amide bonds. The molecule has 0 bridgehead atoms. The number of esters is 1. The quantitative estimate of drug-likeness (QED) is 0.568. The van der Waals surface area contributed by atoms with Gasteiger partial charge in [0, 0.05) is 12.4 Å². The minimum Gasteiger partial charge on any atom is -0.487 e. The lowest BCUT2D eigenvalue weighted by molar-refractivity contribution is 0.0522. The smallest absolute Gasteiger partial charge is 0.357 e. The first-order chi connectivity index (χ1) is 13.4. The van der Waals surface area contributed by atoms with E-state index in [1.54, 1.807) is 36.9 Å². The summed E-state index contributed by atoms with van der Waals surface area (Å²) in [4.78, 5) is 16.2. The van der Waals surface area contributed by atoms with Gasteiger partial charge in [-0.05, 0) is 44.0 Å². The van der Waals surface area contributed by atoms with Gasteiger partial charge in [-0.15, -0.1) is 0 Å². The van der Waals surface area contributed by atoms with Gasteiger partial charge in [0.1, 0.15) is 12.4 Å². The molecule has 28 heavy (non-hydrogen) atoms. The van der Waals surface area contributed by atoms with Crippen LogP contribution in [0.2, 0.25) is 0 Å². The minimum atomic E-state index is -2.52. The summed E-state index contributed by atoms with van der Waals surface area (Å²) < 4.78 is 36.6. The number of pyridine rings is 1. The van der Waals surface area contributed by atoms with Crippen LogP contribution in [0.3, 0.4) is 0 Å². The Balaban J connectivity index is 1.89. The van der Waals surface area contributed by atoms with Crippen molar-refractivity contribution < 1.29 is 23.0 Å². The van der Waals surface area contributed by atoms with E-state index in [0.717, 1.165) is 11.1 Å². The third-order valence-corrected chi connectivity index (χ3v) is 4.36. The van der Waals surface area contributed by atoms with Crippen molar-refractivity contribution in [1.29, 1.82) is 0 Å². The second kappa shape index (κ2) is 8.33. The van der Waals surface area contributed by atoms with E-state index in [4.69, 9.17) is 9.47 Å². The molecule has 1 unspecified atom stereocenters. The molecule has 0 saturated heterocycles. The van der Waals surface area contributed by atoms with E-state index in [9.17, 15) is 13.6 Å². The van der Waals surface area contributed by atoms with Crippen molar-refractivity contribution in [3.63, 3.8) is 0 Å². The van der Waals surface area contributed by atoms with Crippen LogP contribution >= 0.6 is 0 Å². The molecule has 8 heteroatoms. The third kappa shape index (κ3) is 4.11. The maximum Gasteiger partial charge on any atom is 0.357 e. The molecule has 0 spiro atoms. The monoisotopic (exact) mass is 389 g/mol. The summed E-state index contributed by atoms with van der Waals surface area (Å²) in [5, 5.41) is 5.15. The number of carbonyl (C=O) groups excluding carboxylic acids is 1. The highest BCUT2D eigenvalue weighted by Gasteiger charge is 2.18. The van der Waals surface area contributed by atoms with E-state index in [0.29, 0.717) is 16.7 Å². The highest BCUT2D eigenvalue weighted by atomic mass is 19.3. The van der Waals surface area contributed by atoms with E-state index < -0.39 is 19.0 Å². The van der Waals surface area contributed by atoms with Gasteiger partial charge in [0.25, 0.3) is 6.43 Å². The zero-order valence-corrected chi connectivity index (χ0v) is 15.9. The fraction of sp³-hybridized carbons (Fsp3) is 0.350. The predicted octanol–water partition coefficient (Wildman–Crippen LogP) is 4.17. The lowest BCUT2D eigenvalue weighted by Crippen LogP contribution is -2.10. The van der Waals surface area contributed by atoms with Gasteiger partial charge < -0.3 is 9.47 Å². The van der Waals surface area contributed by atoms with Crippen molar-refractivity contribution in [3.05, 3.63) is 53.5 Å². The van der Waals surface area contributed by atoms with E-state index in [2.05, 4.69) is 10.1 Å². The van der Waals surface area contributed by atoms with Gasteiger partial charge in [0.2, 0.25) is 0 Å². The predicted molar refractivity (Wildman–Crippen MR) is 100.0 cm³/mol. The summed E-state index contributed by atoms with van der Waals surface area (Å²) >= 11 is 0. The summed E-state index contributed by atoms with van der Waals surface area (Å²) in [6.45, 7) is 5.13. The van der Waals surface area contributed by atoms with E-state index >= 15 is 0 Å². The maximum absolute atomic E-state index is 12.3. The van der Waals surface area contributed by atoms with Crippen LogP contribution in [0.15, 0.2) is 36.7 Å². The summed E-state index contributed by atoms with van der Waals surface area (Å²) in [6, 6.07) is 6.95. The number of nitrogens with zero attached hydrogens (tertiary/aromatic N) is 3. The van der Waals surface area contributed by atoms with Crippen molar-refractivity contribution in [2.75, 3.05) is 13.2 Å². The lowest BCUT2D eigenvalue weighted by Gasteiger charge is -2.15. The number of rotatable bonds is 7. The number of benzene rings is 1. The molecule has 1 atom stereocenters. The molecule has 0 radical (unpaired) electrons. The molecule has 0 aliphatic heterocycles. The molecular formula is C20H21F2N3O3. The Bertz CT molecular complexity index is 988. The highest BCUT2D eigenvalue weighted by molar-refractivity contribution is 6.01. The summed E-state index contributed by atoms with van der Waals surface area (Å²) in [6.07, 6.45) is 0.766. The molecule has 2 heterocycles. The molecular weight excluding hydrogens is 368 g/mol. The van der Waals surface area contributed by atoms with Crippen LogP contribution in [0.1, 0.15) is 41.5 Å². The first-order valence-corrected chi connectivity index (χ1v) is 8.93. The van der Waals surface area contributed by atoms with Crippen LogP contribution < -0.4 is 4.74 Å². The lowest BCUT2D eigenvalue weighted by atomic mass is 10.1. The third-order valence-electron chi connectivity index (χ3n) is 4.36. The number of hydrogen-bond donors (Lipinski definition) is 0. The molecule has 2 aromatic heterocycles. The van der Waals surface area contributed by atoms with Crippen LogP contribution in [-0.2, 0) is 4.74 Å². The fourth-order valence-electron chi connectivity index (χ4n) is 2.92. The van der Waals surface area contributed by atoms with E-state index in [-0.39, 0.29) is 18.3 Å². The van der Waals surface area contributed by atoms with Gasteiger partial charge in [-0.2, -0.15) is 5.10 Å². The first-order valence-electron chi connectivity index (χ1n) is 8.93. The van der Waals surface area contributed by atoms with Gasteiger partial charge in [-0.25, -0.2) is 18.6 Å². The number of carbonyl (C=O) groups is 1. The number of ether oxygens (including phenoxy) is 2. The van der Waals surface area contributed by atoms with Crippen molar-refractivity contribution in [1.82, 2.24) is 14.8 Å². The fourth-order valence-corrected chi connectivity index (χ4v) is 2.92. The van der Waals surface area contributed by atoms with Gasteiger partial charge in [0.15, 0.2) is 5.69 Å². The molecule has 0 saturated carbocycles. The minimum absolute atomic E-state index is 0.148. The van der Waals surface area contributed by atoms with Gasteiger partial charge in [-0.3, -0.25) is 4.68 Å². The molecule has 3 aromatic rings. The molecule has 6 nitrogen and oxygen atoms in total. The molecule has 0 fully saturated rings. The Kier molecular flexibility index (Phi) is 5.87. The molecule has 0 N–H and O–H groups in total. The first kappa shape index (κ1) is 19.7. The SMILES string of the molecule is CCOC(=O)c1nccc2nn(C(C)c3ccc(OCC(F)F)c(C)c3)cc12. The maximum atomic E-state index is 12.3. The largest absolute Gasteiger partial charge is 0.487 e. The second-order valence-corrected chi connectivity index (χ2v) is 6.32. The topological polar surface area (TPSA) is 66.2 Å². The van der Waals surface area contributed by atoms with Crippen molar-refractivity contribution in [3.8, 4) is 5.75 Å². The number of halogens is 2. The highest BCUT2D eigenvalue weighted by Crippen LogP contribution is 2.27. The zero-order chi connectivity index (χ0) is 20.3. The van der Waals surface area contributed by atoms with Gasteiger partial charge in [0.05, 0.1) is 23.6 Å². The van der Waals surface area contributed by atoms with Crippen LogP contribution in [0.5, 0.6) is 5.75 Å². The molecule has 3 rings (SSSR count). The zero-order valence-electron chi connectivity index (χ0n) is 15.9. The molecule has 1 aromatic carbocycles. The Morgan fingerprint density at radius 2 is 2.07 bits per heavy atom. The Labute approximate surface area is 161 Å². The Morgan fingerprint density at radius 1 is 1.29 bits per heavy atom. The second-order valence-electron chi connectivity index (χ2n) is 6.32. The Hall–Kier alpha value is -3.03.